The van der Waals surface area contributed by atoms with Crippen LogP contribution in [0.2, 0.25) is 5.02 Å². The summed E-state index contributed by atoms with van der Waals surface area (Å²) in [5.74, 6) is 5.19. The molecule has 1 atom stereocenters. The van der Waals surface area contributed by atoms with Crippen molar-refractivity contribution in [1.29, 1.82) is 0 Å². The largest absolute Gasteiger partial charge is 0.271 e. The Labute approximate surface area is 107 Å². The maximum absolute atomic E-state index is 13.7. The number of benzene rings is 1. The summed E-state index contributed by atoms with van der Waals surface area (Å²) in [6.45, 7) is 6.43. The quantitative estimate of drug-likeness (QED) is 0.637. The molecule has 0 aliphatic heterocycles. The van der Waals surface area contributed by atoms with E-state index < -0.39 is 0 Å². The molecule has 0 aromatic heterocycles. The molecule has 0 aliphatic carbocycles. The highest BCUT2D eigenvalue weighted by Gasteiger charge is 2.20. The SMILES string of the molecule is CC(C)(C)CCC(NN)c1c(F)cccc1Cl. The predicted octanol–water partition coefficient (Wildman–Crippen LogP) is 3.81. The van der Waals surface area contributed by atoms with Crippen molar-refractivity contribution in [3.05, 3.63) is 34.6 Å². The van der Waals surface area contributed by atoms with Crippen molar-refractivity contribution in [2.24, 2.45) is 11.3 Å². The molecule has 1 aromatic rings. The van der Waals surface area contributed by atoms with E-state index in [1.165, 1.54) is 6.07 Å². The summed E-state index contributed by atoms with van der Waals surface area (Å²) in [5, 5.41) is 0.418. The summed E-state index contributed by atoms with van der Waals surface area (Å²) >= 11 is 6.02. The molecule has 0 saturated heterocycles. The number of hydrazine groups is 1. The van der Waals surface area contributed by atoms with Crippen LogP contribution in [0.15, 0.2) is 18.2 Å². The third-order valence-corrected chi connectivity index (χ3v) is 3.06. The Hall–Kier alpha value is -0.640. The number of nitrogens with one attached hydrogen (secondary N) is 1. The van der Waals surface area contributed by atoms with Crippen molar-refractivity contribution in [2.75, 3.05) is 0 Å². The van der Waals surface area contributed by atoms with Crippen molar-refractivity contribution in [3.8, 4) is 0 Å². The van der Waals surface area contributed by atoms with E-state index in [0.717, 1.165) is 12.8 Å². The lowest BCUT2D eigenvalue weighted by atomic mass is 9.87. The maximum atomic E-state index is 13.7. The number of rotatable bonds is 4. The fourth-order valence-corrected chi connectivity index (χ4v) is 2.03. The monoisotopic (exact) mass is 258 g/mol. The second-order valence-corrected chi connectivity index (χ2v) is 5.86. The molecular formula is C13H20ClFN2. The molecule has 1 aromatic carbocycles. The van der Waals surface area contributed by atoms with Gasteiger partial charge in [0.15, 0.2) is 0 Å². The van der Waals surface area contributed by atoms with E-state index in [1.807, 2.05) is 0 Å². The van der Waals surface area contributed by atoms with Crippen molar-refractivity contribution < 1.29 is 4.39 Å². The fourth-order valence-electron chi connectivity index (χ4n) is 1.73. The van der Waals surface area contributed by atoms with Gasteiger partial charge in [-0.3, -0.25) is 11.3 Å². The van der Waals surface area contributed by atoms with Gasteiger partial charge in [-0.1, -0.05) is 38.4 Å². The first-order valence-electron chi connectivity index (χ1n) is 5.75. The Morgan fingerprint density at radius 2 is 2.06 bits per heavy atom. The second-order valence-electron chi connectivity index (χ2n) is 5.45. The Morgan fingerprint density at radius 3 is 2.53 bits per heavy atom. The minimum atomic E-state index is -0.311. The van der Waals surface area contributed by atoms with Crippen LogP contribution in [0.4, 0.5) is 4.39 Å². The molecule has 0 amide bonds. The number of hydrogen-bond donors (Lipinski definition) is 2. The highest BCUT2D eigenvalue weighted by molar-refractivity contribution is 6.31. The molecule has 0 bridgehead atoms. The number of nitrogens with two attached hydrogens (primary N) is 1. The molecule has 1 unspecified atom stereocenters. The minimum Gasteiger partial charge on any atom is -0.271 e. The number of hydrogen-bond acceptors (Lipinski definition) is 2. The van der Waals surface area contributed by atoms with Gasteiger partial charge in [0.05, 0.1) is 6.04 Å². The Morgan fingerprint density at radius 1 is 1.41 bits per heavy atom. The van der Waals surface area contributed by atoms with Crippen molar-refractivity contribution in [3.63, 3.8) is 0 Å². The second kappa shape index (κ2) is 5.80. The molecule has 0 saturated carbocycles. The van der Waals surface area contributed by atoms with E-state index >= 15 is 0 Å². The van der Waals surface area contributed by atoms with Crippen molar-refractivity contribution in [1.82, 2.24) is 5.43 Å². The molecule has 0 aliphatic rings. The van der Waals surface area contributed by atoms with Crippen molar-refractivity contribution >= 4 is 11.6 Å². The van der Waals surface area contributed by atoms with Gasteiger partial charge in [0.1, 0.15) is 5.82 Å². The zero-order chi connectivity index (χ0) is 13.1. The van der Waals surface area contributed by atoms with Crippen LogP contribution >= 0.6 is 11.6 Å². The Balaban J connectivity index is 2.87. The first kappa shape index (κ1) is 14.4. The number of halogens is 2. The molecular weight excluding hydrogens is 239 g/mol. The van der Waals surface area contributed by atoms with Crippen LogP contribution in [0.1, 0.15) is 45.2 Å². The average Bonchev–Trinajstić information content (AvgIpc) is 2.21. The standard InChI is InChI=1S/C13H20ClFN2/c1-13(2,3)8-7-11(17-16)12-9(14)5-4-6-10(12)15/h4-6,11,17H,7-8,16H2,1-3H3. The molecule has 0 spiro atoms. The van der Waals surface area contributed by atoms with Gasteiger partial charge in [-0.15, -0.1) is 0 Å². The molecule has 1 rings (SSSR count). The zero-order valence-corrected chi connectivity index (χ0v) is 11.3. The van der Waals surface area contributed by atoms with Crippen LogP contribution in [0.25, 0.3) is 0 Å². The normalized spacial score (nSPS) is 13.8. The highest BCUT2D eigenvalue weighted by atomic mass is 35.5. The fraction of sp³-hybridized carbons (Fsp3) is 0.538. The van der Waals surface area contributed by atoms with Gasteiger partial charge in [-0.2, -0.15) is 0 Å². The zero-order valence-electron chi connectivity index (χ0n) is 10.6. The van der Waals surface area contributed by atoms with Crippen LogP contribution in [-0.4, -0.2) is 0 Å². The van der Waals surface area contributed by atoms with E-state index in [1.54, 1.807) is 12.1 Å². The van der Waals surface area contributed by atoms with Gasteiger partial charge < -0.3 is 0 Å². The van der Waals surface area contributed by atoms with E-state index in [2.05, 4.69) is 26.2 Å². The molecule has 17 heavy (non-hydrogen) atoms. The molecule has 3 N–H and O–H groups in total. The Bertz CT molecular complexity index is 354. The van der Waals surface area contributed by atoms with E-state index in [9.17, 15) is 4.39 Å². The summed E-state index contributed by atoms with van der Waals surface area (Å²) in [5.41, 5.74) is 3.29. The van der Waals surface area contributed by atoms with Crippen LogP contribution in [-0.2, 0) is 0 Å². The topological polar surface area (TPSA) is 38.0 Å². The molecule has 0 radical (unpaired) electrons. The van der Waals surface area contributed by atoms with Gasteiger partial charge in [0, 0.05) is 10.6 Å². The lowest BCUT2D eigenvalue weighted by molar-refractivity contribution is 0.330. The molecule has 0 heterocycles. The van der Waals surface area contributed by atoms with E-state index in [0.29, 0.717) is 10.6 Å². The van der Waals surface area contributed by atoms with Crippen molar-refractivity contribution in [2.45, 2.75) is 39.7 Å². The van der Waals surface area contributed by atoms with Crippen LogP contribution in [0.5, 0.6) is 0 Å². The van der Waals surface area contributed by atoms with Crippen LogP contribution in [0.3, 0.4) is 0 Å². The van der Waals surface area contributed by atoms with Gasteiger partial charge in [0.2, 0.25) is 0 Å². The predicted molar refractivity (Wildman–Crippen MR) is 70.2 cm³/mol. The first-order chi connectivity index (χ1) is 7.85. The molecule has 0 fully saturated rings. The minimum absolute atomic E-state index is 0.187. The third kappa shape index (κ3) is 4.26. The first-order valence-corrected chi connectivity index (χ1v) is 6.13. The summed E-state index contributed by atoms with van der Waals surface area (Å²) in [4.78, 5) is 0. The van der Waals surface area contributed by atoms with Gasteiger partial charge in [-0.25, -0.2) is 4.39 Å². The van der Waals surface area contributed by atoms with E-state index in [-0.39, 0.29) is 17.3 Å². The lowest BCUT2D eigenvalue weighted by Crippen LogP contribution is -2.29. The summed E-state index contributed by atoms with van der Waals surface area (Å²) in [7, 11) is 0. The van der Waals surface area contributed by atoms with Crippen LogP contribution in [0, 0.1) is 11.2 Å². The summed E-state index contributed by atoms with van der Waals surface area (Å²) in [6.07, 6.45) is 1.69. The van der Waals surface area contributed by atoms with Gasteiger partial charge in [-0.05, 0) is 30.4 Å². The van der Waals surface area contributed by atoms with E-state index in [4.69, 9.17) is 17.4 Å². The molecule has 96 valence electrons. The summed E-state index contributed by atoms with van der Waals surface area (Å²) < 4.78 is 13.7. The lowest BCUT2D eigenvalue weighted by Gasteiger charge is -2.23. The Kier molecular flexibility index (Phi) is 4.92. The summed E-state index contributed by atoms with van der Waals surface area (Å²) in [6, 6.07) is 4.44. The highest BCUT2D eigenvalue weighted by Crippen LogP contribution is 2.31. The third-order valence-electron chi connectivity index (χ3n) is 2.73. The molecule has 4 heteroatoms. The van der Waals surface area contributed by atoms with Gasteiger partial charge in [0.25, 0.3) is 0 Å². The smallest absolute Gasteiger partial charge is 0.129 e. The maximum Gasteiger partial charge on any atom is 0.129 e. The molecule has 2 nitrogen and oxygen atoms in total. The average molecular weight is 259 g/mol. The van der Waals surface area contributed by atoms with Gasteiger partial charge >= 0.3 is 0 Å². The van der Waals surface area contributed by atoms with Crippen LogP contribution < -0.4 is 11.3 Å².